The van der Waals surface area contributed by atoms with Gasteiger partial charge in [-0.1, -0.05) is 15.9 Å². The summed E-state index contributed by atoms with van der Waals surface area (Å²) in [5, 5.41) is 4.66. The Hall–Kier alpha value is -1.07. The van der Waals surface area contributed by atoms with E-state index in [1.54, 1.807) is 0 Å². The summed E-state index contributed by atoms with van der Waals surface area (Å²) in [7, 11) is 0. The minimum Gasteiger partial charge on any atom is -0.308 e. The molecule has 0 atom stereocenters. The first kappa shape index (κ1) is 14.0. The van der Waals surface area contributed by atoms with Gasteiger partial charge in [0.1, 0.15) is 5.88 Å². The Labute approximate surface area is 113 Å². The van der Waals surface area contributed by atoms with Gasteiger partial charge in [0.25, 0.3) is 0 Å². The summed E-state index contributed by atoms with van der Waals surface area (Å²) in [5.41, 5.74) is 2.64. The SMILES string of the molecule is Cc1cc(NC(=O)NC(=O)CCl)cc(C)c1Br. The molecule has 92 valence electrons. The zero-order valence-corrected chi connectivity index (χ0v) is 11.8. The van der Waals surface area contributed by atoms with Gasteiger partial charge in [0.05, 0.1) is 0 Å². The molecule has 0 aliphatic heterocycles. The van der Waals surface area contributed by atoms with E-state index in [0.717, 1.165) is 15.6 Å². The maximum atomic E-state index is 11.4. The first-order valence-corrected chi connectivity index (χ1v) is 6.20. The van der Waals surface area contributed by atoms with Gasteiger partial charge in [-0.3, -0.25) is 10.1 Å². The number of anilines is 1. The van der Waals surface area contributed by atoms with Crippen molar-refractivity contribution in [3.63, 3.8) is 0 Å². The van der Waals surface area contributed by atoms with Crippen molar-refractivity contribution in [3.05, 3.63) is 27.7 Å². The second-order valence-corrected chi connectivity index (χ2v) is 4.62. The van der Waals surface area contributed by atoms with Crippen LogP contribution in [-0.2, 0) is 4.79 Å². The van der Waals surface area contributed by atoms with E-state index in [1.807, 2.05) is 26.0 Å². The van der Waals surface area contributed by atoms with E-state index < -0.39 is 11.9 Å². The lowest BCUT2D eigenvalue weighted by molar-refractivity contribution is -0.117. The van der Waals surface area contributed by atoms with Crippen molar-refractivity contribution in [1.29, 1.82) is 0 Å². The first-order chi connectivity index (χ1) is 7.93. The van der Waals surface area contributed by atoms with E-state index >= 15 is 0 Å². The number of imide groups is 1. The van der Waals surface area contributed by atoms with Gasteiger partial charge in [0, 0.05) is 10.2 Å². The van der Waals surface area contributed by atoms with Crippen LogP contribution in [0.25, 0.3) is 0 Å². The van der Waals surface area contributed by atoms with Crippen LogP contribution in [0.1, 0.15) is 11.1 Å². The Morgan fingerprint density at radius 1 is 1.29 bits per heavy atom. The number of alkyl halides is 1. The average molecular weight is 320 g/mol. The number of aryl methyl sites for hydroxylation is 2. The van der Waals surface area contributed by atoms with Gasteiger partial charge in [-0.25, -0.2) is 4.79 Å². The fraction of sp³-hybridized carbons (Fsp3) is 0.273. The molecule has 0 radical (unpaired) electrons. The quantitative estimate of drug-likeness (QED) is 0.823. The molecule has 0 spiro atoms. The molecule has 1 rings (SSSR count). The van der Waals surface area contributed by atoms with Gasteiger partial charge in [-0.2, -0.15) is 0 Å². The van der Waals surface area contributed by atoms with Gasteiger partial charge in [0.2, 0.25) is 5.91 Å². The summed E-state index contributed by atoms with van der Waals surface area (Å²) in [4.78, 5) is 22.3. The third-order valence-corrected chi connectivity index (χ3v) is 3.56. The molecule has 0 saturated heterocycles. The van der Waals surface area contributed by atoms with Gasteiger partial charge in [0.15, 0.2) is 0 Å². The van der Waals surface area contributed by atoms with Gasteiger partial charge >= 0.3 is 6.03 Å². The van der Waals surface area contributed by atoms with E-state index in [0.29, 0.717) is 5.69 Å². The van der Waals surface area contributed by atoms with Crippen molar-refractivity contribution in [2.75, 3.05) is 11.2 Å². The maximum absolute atomic E-state index is 11.4. The van der Waals surface area contributed by atoms with Crippen LogP contribution in [0.4, 0.5) is 10.5 Å². The van der Waals surface area contributed by atoms with Crippen molar-refractivity contribution in [2.24, 2.45) is 0 Å². The summed E-state index contributed by atoms with van der Waals surface area (Å²) in [5.74, 6) is -0.777. The largest absolute Gasteiger partial charge is 0.325 e. The van der Waals surface area contributed by atoms with Crippen LogP contribution >= 0.6 is 27.5 Å². The monoisotopic (exact) mass is 318 g/mol. The number of rotatable bonds is 2. The number of hydrogen-bond donors (Lipinski definition) is 2. The molecule has 0 aromatic heterocycles. The number of amides is 3. The lowest BCUT2D eigenvalue weighted by Crippen LogP contribution is -2.35. The first-order valence-electron chi connectivity index (χ1n) is 4.87. The summed E-state index contributed by atoms with van der Waals surface area (Å²) in [6.45, 7) is 3.84. The van der Waals surface area contributed by atoms with E-state index in [4.69, 9.17) is 11.6 Å². The minimum atomic E-state index is -0.586. The Morgan fingerprint density at radius 3 is 2.29 bits per heavy atom. The van der Waals surface area contributed by atoms with Crippen LogP contribution in [0, 0.1) is 13.8 Å². The van der Waals surface area contributed by atoms with Crippen molar-refractivity contribution < 1.29 is 9.59 Å². The molecule has 1 aromatic carbocycles. The fourth-order valence-electron chi connectivity index (χ4n) is 1.34. The smallest absolute Gasteiger partial charge is 0.308 e. The number of carbonyl (C=O) groups excluding carboxylic acids is 2. The highest BCUT2D eigenvalue weighted by Gasteiger charge is 2.08. The van der Waals surface area contributed by atoms with E-state index in [2.05, 4.69) is 26.6 Å². The van der Waals surface area contributed by atoms with Crippen molar-refractivity contribution >= 4 is 45.2 Å². The lowest BCUT2D eigenvalue weighted by atomic mass is 10.1. The molecule has 3 amide bonds. The molecule has 0 aliphatic rings. The molecule has 17 heavy (non-hydrogen) atoms. The highest BCUT2D eigenvalue weighted by molar-refractivity contribution is 9.10. The average Bonchev–Trinajstić information content (AvgIpc) is 2.25. The molecule has 0 fully saturated rings. The van der Waals surface area contributed by atoms with Gasteiger partial charge in [-0.15, -0.1) is 11.6 Å². The van der Waals surface area contributed by atoms with Gasteiger partial charge < -0.3 is 5.32 Å². The summed E-state index contributed by atoms with van der Waals surface area (Å²) in [6.07, 6.45) is 0. The number of carbonyl (C=O) groups is 2. The number of hydrogen-bond acceptors (Lipinski definition) is 2. The normalized spacial score (nSPS) is 9.88. The molecule has 0 aliphatic carbocycles. The van der Waals surface area contributed by atoms with E-state index in [9.17, 15) is 9.59 Å². The van der Waals surface area contributed by atoms with Crippen LogP contribution in [-0.4, -0.2) is 17.8 Å². The lowest BCUT2D eigenvalue weighted by Gasteiger charge is -2.09. The highest BCUT2D eigenvalue weighted by atomic mass is 79.9. The Bertz CT molecular complexity index is 440. The topological polar surface area (TPSA) is 58.2 Å². The minimum absolute atomic E-state index is 0.244. The van der Waals surface area contributed by atoms with Crippen molar-refractivity contribution in [1.82, 2.24) is 5.32 Å². The molecule has 4 nitrogen and oxygen atoms in total. The summed E-state index contributed by atoms with van der Waals surface area (Å²) >= 11 is 8.70. The molecule has 0 saturated carbocycles. The zero-order valence-electron chi connectivity index (χ0n) is 9.43. The molecule has 0 bridgehead atoms. The number of urea groups is 1. The highest BCUT2D eigenvalue weighted by Crippen LogP contribution is 2.24. The van der Waals surface area contributed by atoms with E-state index in [1.165, 1.54) is 0 Å². The second kappa shape index (κ2) is 6.02. The zero-order chi connectivity index (χ0) is 13.0. The van der Waals surface area contributed by atoms with Crippen molar-refractivity contribution in [2.45, 2.75) is 13.8 Å². The molecule has 6 heteroatoms. The standard InChI is InChI=1S/C11H12BrClN2O2/c1-6-3-8(4-7(2)10(6)12)14-11(17)15-9(16)5-13/h3-4H,5H2,1-2H3,(H2,14,15,16,17). The third kappa shape index (κ3) is 4.02. The molecule has 1 aromatic rings. The molecule has 0 heterocycles. The molecular weight excluding hydrogens is 307 g/mol. The summed E-state index contributed by atoms with van der Waals surface area (Å²) in [6, 6.07) is 3.03. The predicted molar refractivity (Wildman–Crippen MR) is 71.5 cm³/mol. The molecular formula is C11H12BrClN2O2. The Kier molecular flexibility index (Phi) is 4.96. The second-order valence-electron chi connectivity index (χ2n) is 3.56. The maximum Gasteiger partial charge on any atom is 0.325 e. The number of halogens is 2. The Balaban J connectivity index is 2.76. The van der Waals surface area contributed by atoms with Crippen LogP contribution in [0.15, 0.2) is 16.6 Å². The number of nitrogens with one attached hydrogen (secondary N) is 2. The van der Waals surface area contributed by atoms with Crippen LogP contribution in [0.5, 0.6) is 0 Å². The van der Waals surface area contributed by atoms with Crippen molar-refractivity contribution in [3.8, 4) is 0 Å². The van der Waals surface area contributed by atoms with Crippen LogP contribution in [0.2, 0.25) is 0 Å². The van der Waals surface area contributed by atoms with Crippen LogP contribution in [0.3, 0.4) is 0 Å². The fourth-order valence-corrected chi connectivity index (χ4v) is 1.64. The van der Waals surface area contributed by atoms with Gasteiger partial charge in [-0.05, 0) is 37.1 Å². The summed E-state index contributed by atoms with van der Waals surface area (Å²) < 4.78 is 1.00. The third-order valence-electron chi connectivity index (χ3n) is 2.07. The van der Waals surface area contributed by atoms with Crippen LogP contribution < -0.4 is 10.6 Å². The predicted octanol–water partition coefficient (Wildman–Crippen LogP) is 2.95. The van der Waals surface area contributed by atoms with E-state index in [-0.39, 0.29) is 5.88 Å². The Morgan fingerprint density at radius 2 is 1.82 bits per heavy atom. The molecule has 0 unspecified atom stereocenters. The molecule has 2 N–H and O–H groups in total. The number of benzene rings is 1.